The first kappa shape index (κ1) is 20.3. The molecule has 2 aromatic heterocycles. The molecular weight excluding hydrogens is 370 g/mol. The van der Waals surface area contributed by atoms with Gasteiger partial charge in [0.2, 0.25) is 0 Å². The normalized spacial score (nSPS) is 11.9. The van der Waals surface area contributed by atoms with Gasteiger partial charge in [-0.25, -0.2) is 4.98 Å². The van der Waals surface area contributed by atoms with Crippen LogP contribution in [0, 0.1) is 6.92 Å². The van der Waals surface area contributed by atoms with E-state index >= 15 is 0 Å². The largest absolute Gasteiger partial charge is 0.469 e. The molecule has 0 radical (unpaired) electrons. The van der Waals surface area contributed by atoms with Crippen molar-refractivity contribution in [3.63, 3.8) is 0 Å². The Hall–Kier alpha value is -2.41. The van der Waals surface area contributed by atoms with Crippen LogP contribution in [0.2, 0.25) is 0 Å². The van der Waals surface area contributed by atoms with Crippen LogP contribution in [0.25, 0.3) is 11.0 Å². The molecule has 3 aromatic rings. The van der Waals surface area contributed by atoms with E-state index in [0.29, 0.717) is 0 Å². The van der Waals surface area contributed by atoms with E-state index in [1.54, 1.807) is 6.26 Å². The minimum absolute atomic E-state index is 0.765. The predicted molar refractivity (Wildman–Crippen MR) is 118 cm³/mol. The van der Waals surface area contributed by atoms with Gasteiger partial charge in [-0.15, -0.1) is 0 Å². The summed E-state index contributed by atoms with van der Waals surface area (Å²) in [6, 6.07) is 12.2. The van der Waals surface area contributed by atoms with Crippen LogP contribution in [0.4, 0.5) is 0 Å². The van der Waals surface area contributed by atoms with E-state index < -0.39 is 0 Å². The number of nitrogens with zero attached hydrogens (tertiary/aromatic N) is 3. The number of aromatic nitrogens is 2. The van der Waals surface area contributed by atoms with Crippen LogP contribution in [0.5, 0.6) is 0 Å². The monoisotopic (exact) mass is 399 g/mol. The quantitative estimate of drug-likeness (QED) is 0.310. The van der Waals surface area contributed by atoms with Gasteiger partial charge in [0.05, 0.1) is 17.3 Å². The maximum atomic E-state index is 5.39. The summed E-state index contributed by atoms with van der Waals surface area (Å²) in [5.41, 5.74) is 2.25. The third kappa shape index (κ3) is 5.79. The summed E-state index contributed by atoms with van der Waals surface area (Å²) in [5, 5.41) is 6.81. The van der Waals surface area contributed by atoms with E-state index in [0.717, 1.165) is 67.8 Å². The minimum atomic E-state index is 0.765. The molecule has 28 heavy (non-hydrogen) atoms. The number of aryl methyl sites for hydroxylation is 2. The fraction of sp³-hybridized carbons (Fsp3) is 0.429. The van der Waals surface area contributed by atoms with Crippen molar-refractivity contribution in [3.05, 3.63) is 54.2 Å². The van der Waals surface area contributed by atoms with Crippen LogP contribution < -0.4 is 10.6 Å². The average molecular weight is 400 g/mol. The summed E-state index contributed by atoms with van der Waals surface area (Å²) >= 11 is 1.82. The molecule has 0 aliphatic carbocycles. The lowest BCUT2D eigenvalue weighted by Gasteiger charge is -2.12. The highest BCUT2D eigenvalue weighted by atomic mass is 32.2. The van der Waals surface area contributed by atoms with Gasteiger partial charge < -0.3 is 19.6 Å². The zero-order valence-electron chi connectivity index (χ0n) is 16.6. The fourth-order valence-corrected chi connectivity index (χ4v) is 3.41. The number of hydrogen-bond donors (Lipinski definition) is 2. The molecule has 0 saturated heterocycles. The number of imidazole rings is 1. The molecule has 0 amide bonds. The van der Waals surface area contributed by atoms with Gasteiger partial charge in [0.1, 0.15) is 11.6 Å². The van der Waals surface area contributed by atoms with Crippen LogP contribution in [-0.4, -0.2) is 47.2 Å². The highest BCUT2D eigenvalue weighted by Gasteiger charge is 2.06. The number of furan rings is 1. The first-order valence-corrected chi connectivity index (χ1v) is 11.1. The Balaban J connectivity index is 1.51. The lowest BCUT2D eigenvalue weighted by molar-refractivity contribution is 0.507. The lowest BCUT2D eigenvalue weighted by atomic mass is 10.3. The second-order valence-electron chi connectivity index (χ2n) is 6.56. The predicted octanol–water partition coefficient (Wildman–Crippen LogP) is 3.47. The Labute approximate surface area is 170 Å². The van der Waals surface area contributed by atoms with Gasteiger partial charge in [-0.2, -0.15) is 11.8 Å². The van der Waals surface area contributed by atoms with Crippen LogP contribution in [0.3, 0.4) is 0 Å². The van der Waals surface area contributed by atoms with E-state index in [-0.39, 0.29) is 0 Å². The Bertz CT molecular complexity index is 872. The zero-order valence-corrected chi connectivity index (χ0v) is 17.5. The summed E-state index contributed by atoms with van der Waals surface area (Å²) in [6.45, 7) is 5.44. The van der Waals surface area contributed by atoms with E-state index in [2.05, 4.69) is 51.6 Å². The van der Waals surface area contributed by atoms with Crippen molar-refractivity contribution < 1.29 is 4.42 Å². The molecule has 150 valence electrons. The van der Waals surface area contributed by atoms with Crippen molar-refractivity contribution in [1.29, 1.82) is 0 Å². The standard InChI is InChI=1S/C21H29N5OS/c1-17-25-19-8-3-4-9-20(19)26(17)14-6-11-22-21(24-13-16-28-2)23-12-10-18-7-5-15-27-18/h3-5,7-9,15H,6,10-14,16H2,1-2H3,(H2,22,23,24). The first-order valence-electron chi connectivity index (χ1n) is 9.73. The van der Waals surface area contributed by atoms with Gasteiger partial charge in [-0.3, -0.25) is 4.99 Å². The number of nitrogens with one attached hydrogen (secondary N) is 2. The van der Waals surface area contributed by atoms with E-state index in [4.69, 9.17) is 9.41 Å². The first-order chi connectivity index (χ1) is 13.8. The Kier molecular flexibility index (Phi) is 7.84. The van der Waals surface area contributed by atoms with Gasteiger partial charge in [-0.1, -0.05) is 12.1 Å². The van der Waals surface area contributed by atoms with E-state index in [1.807, 2.05) is 30.0 Å². The minimum Gasteiger partial charge on any atom is -0.469 e. The number of rotatable bonds is 10. The molecule has 0 aliphatic heterocycles. The molecule has 0 aliphatic rings. The number of para-hydroxylation sites is 2. The van der Waals surface area contributed by atoms with Crippen LogP contribution in [-0.2, 0) is 13.0 Å². The second kappa shape index (κ2) is 10.8. The number of thioether (sulfide) groups is 1. The van der Waals surface area contributed by atoms with Gasteiger partial charge in [0.15, 0.2) is 5.96 Å². The van der Waals surface area contributed by atoms with Crippen molar-refractivity contribution in [2.24, 2.45) is 4.99 Å². The van der Waals surface area contributed by atoms with Crippen molar-refractivity contribution >= 4 is 28.8 Å². The summed E-state index contributed by atoms with van der Waals surface area (Å²) in [4.78, 5) is 9.38. The Morgan fingerprint density at radius 1 is 1.18 bits per heavy atom. The summed E-state index contributed by atoms with van der Waals surface area (Å²) < 4.78 is 7.66. The second-order valence-corrected chi connectivity index (χ2v) is 7.54. The van der Waals surface area contributed by atoms with Crippen LogP contribution in [0.1, 0.15) is 18.0 Å². The molecular formula is C21H29N5OS. The number of hydrogen-bond acceptors (Lipinski definition) is 4. The van der Waals surface area contributed by atoms with Crippen molar-refractivity contribution in [1.82, 2.24) is 20.2 Å². The molecule has 7 heteroatoms. The Morgan fingerprint density at radius 3 is 2.86 bits per heavy atom. The Morgan fingerprint density at radius 2 is 2.04 bits per heavy atom. The molecule has 0 fully saturated rings. The van der Waals surface area contributed by atoms with E-state index in [1.165, 1.54) is 5.52 Å². The number of benzene rings is 1. The van der Waals surface area contributed by atoms with Crippen LogP contribution >= 0.6 is 11.8 Å². The van der Waals surface area contributed by atoms with Gasteiger partial charge in [0, 0.05) is 38.4 Å². The SMILES string of the molecule is CSCCNC(=NCCCn1c(C)nc2ccccc21)NCCc1ccco1. The molecule has 0 atom stereocenters. The average Bonchev–Trinajstić information content (AvgIpc) is 3.32. The third-order valence-corrected chi connectivity index (χ3v) is 5.11. The molecule has 0 unspecified atom stereocenters. The van der Waals surface area contributed by atoms with Gasteiger partial charge in [0.25, 0.3) is 0 Å². The molecule has 0 spiro atoms. The molecule has 2 heterocycles. The lowest BCUT2D eigenvalue weighted by Crippen LogP contribution is -2.39. The molecule has 0 bridgehead atoms. The van der Waals surface area contributed by atoms with E-state index in [9.17, 15) is 0 Å². The number of aliphatic imine (C=N–C) groups is 1. The fourth-order valence-electron chi connectivity index (χ4n) is 3.10. The molecule has 0 saturated carbocycles. The number of fused-ring (bicyclic) bond motifs is 1. The van der Waals surface area contributed by atoms with Crippen molar-refractivity contribution in [3.8, 4) is 0 Å². The molecule has 2 N–H and O–H groups in total. The molecule has 6 nitrogen and oxygen atoms in total. The third-order valence-electron chi connectivity index (χ3n) is 4.50. The summed E-state index contributed by atoms with van der Waals surface area (Å²) in [5.74, 6) is 3.96. The van der Waals surface area contributed by atoms with Gasteiger partial charge >= 0.3 is 0 Å². The topological polar surface area (TPSA) is 67.4 Å². The van der Waals surface area contributed by atoms with Crippen molar-refractivity contribution in [2.75, 3.05) is 31.6 Å². The smallest absolute Gasteiger partial charge is 0.191 e. The maximum absolute atomic E-state index is 5.39. The van der Waals surface area contributed by atoms with Crippen LogP contribution in [0.15, 0.2) is 52.1 Å². The summed E-state index contributed by atoms with van der Waals surface area (Å²) in [7, 11) is 0. The van der Waals surface area contributed by atoms with Gasteiger partial charge in [-0.05, 0) is 43.9 Å². The highest BCUT2D eigenvalue weighted by molar-refractivity contribution is 7.98. The maximum Gasteiger partial charge on any atom is 0.191 e. The summed E-state index contributed by atoms with van der Waals surface area (Å²) in [6.07, 6.45) is 5.63. The molecule has 1 aromatic carbocycles. The number of guanidine groups is 1. The zero-order chi connectivity index (χ0) is 19.6. The highest BCUT2D eigenvalue weighted by Crippen LogP contribution is 2.15. The van der Waals surface area contributed by atoms with Crippen molar-refractivity contribution in [2.45, 2.75) is 26.3 Å². The molecule has 3 rings (SSSR count).